The Morgan fingerprint density at radius 2 is 1.85 bits per heavy atom. The second kappa shape index (κ2) is 11.9. The summed E-state index contributed by atoms with van der Waals surface area (Å²) in [5.74, 6) is 1.09. The van der Waals surface area contributed by atoms with Crippen molar-refractivity contribution >= 4 is 41.1 Å². The minimum Gasteiger partial charge on any atom is -0.466 e. The van der Waals surface area contributed by atoms with Crippen molar-refractivity contribution in [3.8, 4) is 0 Å². The molecule has 2 aliphatic rings. The Morgan fingerprint density at radius 1 is 1.09 bits per heavy atom. The molecule has 2 saturated heterocycles. The molecule has 182 valence electrons. The SMILES string of the molecule is CCOC(=O)C1CCCN(C(=O)c2ccc(CSc3nc(Cl)cc(N4CCCCC4)n3)cc2)C1. The Kier molecular flexibility index (Phi) is 8.67. The molecular formula is C25H31ClN4O3S. The first-order valence-electron chi connectivity index (χ1n) is 12.0. The average molecular weight is 503 g/mol. The van der Waals surface area contributed by atoms with Crippen LogP contribution in [0.3, 0.4) is 0 Å². The molecule has 2 fully saturated rings. The fourth-order valence-electron chi connectivity index (χ4n) is 4.42. The monoisotopic (exact) mass is 502 g/mol. The molecule has 1 aromatic carbocycles. The summed E-state index contributed by atoms with van der Waals surface area (Å²) in [4.78, 5) is 38.2. The Bertz CT molecular complexity index is 998. The molecule has 0 aliphatic carbocycles. The molecular weight excluding hydrogens is 472 g/mol. The van der Waals surface area contributed by atoms with Crippen molar-refractivity contribution < 1.29 is 14.3 Å². The molecule has 0 radical (unpaired) electrons. The van der Waals surface area contributed by atoms with Crippen LogP contribution in [0.1, 0.15) is 54.9 Å². The molecule has 2 aliphatic heterocycles. The number of hydrogen-bond acceptors (Lipinski definition) is 7. The highest BCUT2D eigenvalue weighted by molar-refractivity contribution is 7.98. The third-order valence-electron chi connectivity index (χ3n) is 6.24. The van der Waals surface area contributed by atoms with Gasteiger partial charge in [0.1, 0.15) is 11.0 Å². The molecule has 0 N–H and O–H groups in total. The van der Waals surface area contributed by atoms with Crippen LogP contribution in [-0.4, -0.2) is 59.5 Å². The van der Waals surface area contributed by atoms with Crippen LogP contribution < -0.4 is 4.90 Å². The summed E-state index contributed by atoms with van der Waals surface area (Å²) < 4.78 is 5.14. The van der Waals surface area contributed by atoms with E-state index in [9.17, 15) is 9.59 Å². The molecule has 1 atom stereocenters. The number of thioether (sulfide) groups is 1. The van der Waals surface area contributed by atoms with Crippen LogP contribution in [-0.2, 0) is 15.3 Å². The number of ether oxygens (including phenoxy) is 1. The maximum Gasteiger partial charge on any atom is 0.310 e. The van der Waals surface area contributed by atoms with E-state index < -0.39 is 0 Å². The highest BCUT2D eigenvalue weighted by Gasteiger charge is 2.29. The molecule has 3 heterocycles. The second-order valence-electron chi connectivity index (χ2n) is 8.71. The number of carbonyl (C=O) groups is 2. The lowest BCUT2D eigenvalue weighted by Gasteiger charge is -2.31. The van der Waals surface area contributed by atoms with Crippen LogP contribution in [0.25, 0.3) is 0 Å². The number of hydrogen-bond donors (Lipinski definition) is 0. The van der Waals surface area contributed by atoms with E-state index in [2.05, 4.69) is 9.88 Å². The van der Waals surface area contributed by atoms with Gasteiger partial charge in [0.15, 0.2) is 5.16 Å². The number of esters is 1. The lowest BCUT2D eigenvalue weighted by atomic mass is 9.97. The largest absolute Gasteiger partial charge is 0.466 e. The summed E-state index contributed by atoms with van der Waals surface area (Å²) in [6.07, 6.45) is 5.19. The van der Waals surface area contributed by atoms with Crippen LogP contribution in [0.15, 0.2) is 35.5 Å². The Balaban J connectivity index is 1.34. The molecule has 34 heavy (non-hydrogen) atoms. The van der Waals surface area contributed by atoms with Crippen LogP contribution in [0.4, 0.5) is 5.82 Å². The number of carbonyl (C=O) groups excluding carboxylic acids is 2. The maximum atomic E-state index is 13.0. The summed E-state index contributed by atoms with van der Waals surface area (Å²) >= 11 is 7.80. The van der Waals surface area contributed by atoms with Crippen molar-refractivity contribution in [3.63, 3.8) is 0 Å². The third-order valence-corrected chi connectivity index (χ3v) is 7.35. The Morgan fingerprint density at radius 3 is 2.59 bits per heavy atom. The molecule has 0 saturated carbocycles. The van der Waals surface area contributed by atoms with E-state index in [0.717, 1.165) is 37.3 Å². The van der Waals surface area contributed by atoms with Gasteiger partial charge in [-0.25, -0.2) is 9.97 Å². The number of halogens is 1. The van der Waals surface area contributed by atoms with Crippen molar-refractivity contribution in [2.45, 2.75) is 49.9 Å². The predicted molar refractivity (Wildman–Crippen MR) is 134 cm³/mol. The predicted octanol–water partition coefficient (Wildman–Crippen LogP) is 4.83. The van der Waals surface area contributed by atoms with E-state index in [1.807, 2.05) is 30.3 Å². The number of amides is 1. The number of nitrogens with zero attached hydrogens (tertiary/aromatic N) is 4. The zero-order valence-electron chi connectivity index (χ0n) is 19.5. The van der Waals surface area contributed by atoms with E-state index in [0.29, 0.717) is 41.3 Å². The van der Waals surface area contributed by atoms with Gasteiger partial charge in [0.25, 0.3) is 5.91 Å². The number of anilines is 1. The van der Waals surface area contributed by atoms with Gasteiger partial charge in [-0.15, -0.1) is 0 Å². The van der Waals surface area contributed by atoms with E-state index >= 15 is 0 Å². The first-order valence-corrected chi connectivity index (χ1v) is 13.4. The van der Waals surface area contributed by atoms with Gasteiger partial charge in [0.05, 0.1) is 12.5 Å². The maximum absolute atomic E-state index is 13.0. The minimum atomic E-state index is -0.235. The summed E-state index contributed by atoms with van der Waals surface area (Å²) in [7, 11) is 0. The van der Waals surface area contributed by atoms with E-state index in [-0.39, 0.29) is 17.8 Å². The zero-order valence-corrected chi connectivity index (χ0v) is 21.1. The van der Waals surface area contributed by atoms with Gasteiger partial charge >= 0.3 is 5.97 Å². The van der Waals surface area contributed by atoms with E-state index in [4.69, 9.17) is 21.3 Å². The molecule has 1 amide bonds. The molecule has 1 aromatic heterocycles. The zero-order chi connectivity index (χ0) is 23.9. The van der Waals surface area contributed by atoms with Crippen LogP contribution in [0, 0.1) is 5.92 Å². The molecule has 4 rings (SSSR count). The number of benzene rings is 1. The summed E-state index contributed by atoms with van der Waals surface area (Å²) in [6.45, 7) is 5.26. The highest BCUT2D eigenvalue weighted by Crippen LogP contribution is 2.27. The Labute approximate surface area is 210 Å². The van der Waals surface area contributed by atoms with Crippen LogP contribution in [0.5, 0.6) is 0 Å². The normalized spacial score (nSPS) is 18.6. The smallest absolute Gasteiger partial charge is 0.310 e. The van der Waals surface area contributed by atoms with Crippen molar-refractivity contribution in [2.24, 2.45) is 5.92 Å². The quantitative estimate of drug-likeness (QED) is 0.232. The fraction of sp³-hybridized carbons (Fsp3) is 0.520. The van der Waals surface area contributed by atoms with Gasteiger partial charge in [-0.2, -0.15) is 0 Å². The van der Waals surface area contributed by atoms with Gasteiger partial charge in [-0.3, -0.25) is 9.59 Å². The van der Waals surface area contributed by atoms with Gasteiger partial charge in [-0.1, -0.05) is 35.5 Å². The van der Waals surface area contributed by atoms with Gasteiger partial charge in [-0.05, 0) is 56.7 Å². The first kappa shape index (κ1) is 24.8. The molecule has 7 nitrogen and oxygen atoms in total. The highest BCUT2D eigenvalue weighted by atomic mass is 35.5. The molecule has 0 spiro atoms. The minimum absolute atomic E-state index is 0.0439. The molecule has 1 unspecified atom stereocenters. The average Bonchev–Trinajstić information content (AvgIpc) is 2.88. The molecule has 0 bridgehead atoms. The summed E-state index contributed by atoms with van der Waals surface area (Å²) in [5, 5.41) is 1.12. The van der Waals surface area contributed by atoms with Crippen molar-refractivity contribution in [1.82, 2.24) is 14.9 Å². The second-order valence-corrected chi connectivity index (χ2v) is 10.0. The number of piperidine rings is 2. The third kappa shape index (κ3) is 6.42. The van der Waals surface area contributed by atoms with Crippen molar-refractivity contribution in [3.05, 3.63) is 46.6 Å². The van der Waals surface area contributed by atoms with Gasteiger partial charge in [0.2, 0.25) is 0 Å². The number of likely N-dealkylation sites (tertiary alicyclic amines) is 1. The summed E-state index contributed by atoms with van der Waals surface area (Å²) in [6, 6.07) is 9.46. The van der Waals surface area contributed by atoms with Crippen molar-refractivity contribution in [1.29, 1.82) is 0 Å². The fourth-order valence-corrected chi connectivity index (χ4v) is 5.46. The number of rotatable bonds is 7. The Hall–Kier alpha value is -2.32. The van der Waals surface area contributed by atoms with Gasteiger partial charge < -0.3 is 14.5 Å². The standard InChI is InChI=1S/C25H31ClN4O3S/c1-2-33-24(32)20-7-6-14-30(16-20)23(31)19-10-8-18(9-11-19)17-34-25-27-21(26)15-22(28-25)29-12-4-3-5-13-29/h8-11,15,20H,2-7,12-14,16-17H2,1H3. The van der Waals surface area contributed by atoms with Crippen LogP contribution >= 0.6 is 23.4 Å². The van der Waals surface area contributed by atoms with Gasteiger partial charge in [0, 0.05) is 43.6 Å². The van der Waals surface area contributed by atoms with Crippen molar-refractivity contribution in [2.75, 3.05) is 37.7 Å². The topological polar surface area (TPSA) is 75.6 Å². The number of aromatic nitrogens is 2. The first-order chi connectivity index (χ1) is 16.5. The molecule has 2 aromatic rings. The van der Waals surface area contributed by atoms with E-state index in [1.165, 1.54) is 31.0 Å². The van der Waals surface area contributed by atoms with E-state index in [1.54, 1.807) is 11.8 Å². The summed E-state index contributed by atoms with van der Waals surface area (Å²) in [5.41, 5.74) is 1.71. The lowest BCUT2D eigenvalue weighted by molar-refractivity contribution is -0.149. The lowest BCUT2D eigenvalue weighted by Crippen LogP contribution is -2.42. The molecule has 9 heteroatoms. The van der Waals surface area contributed by atoms with Crippen LogP contribution in [0.2, 0.25) is 5.15 Å².